The standard InChI is InChI=1S/C15H14F3N3O5S/c1-2-25-21-14(22)13-12(19)7-11(8-20-13)27(23,24)10-5-3-9(4-6-10)26-15(16,17)18/h3-8H,2,19H2,1H3,(H,21,22). The summed E-state index contributed by atoms with van der Waals surface area (Å²) in [6.07, 6.45) is -3.98. The van der Waals surface area contributed by atoms with Gasteiger partial charge in [-0.3, -0.25) is 9.63 Å². The van der Waals surface area contributed by atoms with E-state index < -0.39 is 27.9 Å². The third kappa shape index (κ3) is 5.08. The lowest BCUT2D eigenvalue weighted by Gasteiger charge is -2.10. The number of halogens is 3. The molecule has 1 heterocycles. The molecule has 146 valence electrons. The van der Waals surface area contributed by atoms with Gasteiger partial charge in [0.05, 0.1) is 22.1 Å². The maximum Gasteiger partial charge on any atom is 0.573 e. The minimum absolute atomic E-state index is 0.201. The van der Waals surface area contributed by atoms with Crippen LogP contribution in [0.3, 0.4) is 0 Å². The molecule has 0 saturated carbocycles. The van der Waals surface area contributed by atoms with Crippen LogP contribution in [0.25, 0.3) is 0 Å². The Labute approximate surface area is 152 Å². The number of hydrogen-bond acceptors (Lipinski definition) is 7. The molecular formula is C15H14F3N3O5S. The van der Waals surface area contributed by atoms with Gasteiger partial charge < -0.3 is 10.5 Å². The Bertz CT molecular complexity index is 931. The number of aromatic nitrogens is 1. The number of nitrogens with one attached hydrogen (secondary N) is 1. The van der Waals surface area contributed by atoms with Crippen LogP contribution < -0.4 is 16.0 Å². The number of carbonyl (C=O) groups excluding carboxylic acids is 1. The van der Waals surface area contributed by atoms with Crippen LogP contribution in [0, 0.1) is 0 Å². The first-order valence-corrected chi connectivity index (χ1v) is 8.81. The molecule has 0 spiro atoms. The molecule has 1 aromatic carbocycles. The second kappa shape index (κ2) is 7.80. The molecule has 0 aliphatic rings. The summed E-state index contributed by atoms with van der Waals surface area (Å²) in [6, 6.07) is 4.63. The molecule has 1 amide bonds. The summed E-state index contributed by atoms with van der Waals surface area (Å²) in [5.41, 5.74) is 7.28. The highest BCUT2D eigenvalue weighted by atomic mass is 32.2. The first-order valence-electron chi connectivity index (χ1n) is 7.33. The third-order valence-electron chi connectivity index (χ3n) is 3.09. The number of carbonyl (C=O) groups is 1. The zero-order valence-electron chi connectivity index (χ0n) is 13.8. The van der Waals surface area contributed by atoms with Gasteiger partial charge in [-0.05, 0) is 37.3 Å². The van der Waals surface area contributed by atoms with Crippen LogP contribution >= 0.6 is 0 Å². The molecule has 0 aliphatic heterocycles. The van der Waals surface area contributed by atoms with Crippen molar-refractivity contribution < 1.29 is 36.0 Å². The smallest absolute Gasteiger partial charge is 0.406 e. The Morgan fingerprint density at radius 1 is 1.22 bits per heavy atom. The number of benzene rings is 1. The van der Waals surface area contributed by atoms with Crippen LogP contribution in [-0.2, 0) is 14.7 Å². The Hall–Kier alpha value is -2.86. The van der Waals surface area contributed by atoms with Crippen molar-refractivity contribution in [2.24, 2.45) is 0 Å². The normalized spacial score (nSPS) is 11.9. The first kappa shape index (κ1) is 20.5. The molecule has 1 aromatic heterocycles. The molecule has 2 aromatic rings. The van der Waals surface area contributed by atoms with E-state index in [0.717, 1.165) is 36.5 Å². The number of alkyl halides is 3. The number of amides is 1. The van der Waals surface area contributed by atoms with Crippen molar-refractivity contribution in [1.82, 2.24) is 10.5 Å². The minimum atomic E-state index is -4.89. The van der Waals surface area contributed by atoms with E-state index in [9.17, 15) is 26.4 Å². The summed E-state index contributed by atoms with van der Waals surface area (Å²) in [5.74, 6) is -1.33. The van der Waals surface area contributed by atoms with Gasteiger partial charge in [0, 0.05) is 6.20 Å². The summed E-state index contributed by atoms with van der Waals surface area (Å²) < 4.78 is 65.3. The van der Waals surface area contributed by atoms with E-state index in [4.69, 9.17) is 10.6 Å². The number of sulfone groups is 1. The first-order chi connectivity index (χ1) is 12.5. The quantitative estimate of drug-likeness (QED) is 0.706. The van der Waals surface area contributed by atoms with E-state index in [-0.39, 0.29) is 27.8 Å². The van der Waals surface area contributed by atoms with Crippen LogP contribution in [0.15, 0.2) is 46.3 Å². The molecule has 2 rings (SSSR count). The van der Waals surface area contributed by atoms with Gasteiger partial charge in [0.15, 0.2) is 5.69 Å². The summed E-state index contributed by atoms with van der Waals surface area (Å²) in [4.78, 5) is 19.6. The van der Waals surface area contributed by atoms with Gasteiger partial charge in [0.1, 0.15) is 5.75 Å². The minimum Gasteiger partial charge on any atom is -0.406 e. The molecule has 0 fully saturated rings. The van der Waals surface area contributed by atoms with E-state index >= 15 is 0 Å². The number of nitrogens with zero attached hydrogens (tertiary/aromatic N) is 1. The molecule has 27 heavy (non-hydrogen) atoms. The number of nitrogen functional groups attached to an aromatic ring is 1. The Balaban J connectivity index is 2.28. The van der Waals surface area contributed by atoms with E-state index in [1.807, 2.05) is 0 Å². The molecule has 0 radical (unpaired) electrons. The highest BCUT2D eigenvalue weighted by molar-refractivity contribution is 7.91. The number of pyridine rings is 1. The lowest BCUT2D eigenvalue weighted by Crippen LogP contribution is -2.25. The number of hydrogen-bond donors (Lipinski definition) is 2. The predicted molar refractivity (Wildman–Crippen MR) is 86.3 cm³/mol. The van der Waals surface area contributed by atoms with Gasteiger partial charge in [-0.15, -0.1) is 13.2 Å². The highest BCUT2D eigenvalue weighted by Gasteiger charge is 2.31. The molecule has 0 bridgehead atoms. The number of rotatable bonds is 6. The van der Waals surface area contributed by atoms with Crippen molar-refractivity contribution >= 4 is 21.4 Å². The molecule has 12 heteroatoms. The fourth-order valence-electron chi connectivity index (χ4n) is 1.94. The second-order valence-electron chi connectivity index (χ2n) is 5.00. The van der Waals surface area contributed by atoms with Crippen molar-refractivity contribution in [2.75, 3.05) is 12.3 Å². The van der Waals surface area contributed by atoms with Gasteiger partial charge in [-0.2, -0.15) is 0 Å². The Morgan fingerprint density at radius 2 is 1.85 bits per heavy atom. The lowest BCUT2D eigenvalue weighted by atomic mass is 10.3. The largest absolute Gasteiger partial charge is 0.573 e. The van der Waals surface area contributed by atoms with Crippen LogP contribution in [0.4, 0.5) is 18.9 Å². The number of ether oxygens (including phenoxy) is 1. The molecule has 0 aliphatic carbocycles. The van der Waals surface area contributed by atoms with Crippen LogP contribution in [0.5, 0.6) is 5.75 Å². The van der Waals surface area contributed by atoms with E-state index in [0.29, 0.717) is 0 Å². The average molecular weight is 405 g/mol. The molecular weight excluding hydrogens is 391 g/mol. The fourth-order valence-corrected chi connectivity index (χ4v) is 3.18. The fraction of sp³-hybridized carbons (Fsp3) is 0.200. The topological polar surface area (TPSA) is 121 Å². The van der Waals surface area contributed by atoms with Crippen LogP contribution in [-0.4, -0.2) is 32.3 Å². The number of nitrogens with two attached hydrogens (primary N) is 1. The van der Waals surface area contributed by atoms with Gasteiger partial charge >= 0.3 is 6.36 Å². The summed E-state index contributed by atoms with van der Waals surface area (Å²) >= 11 is 0. The van der Waals surface area contributed by atoms with E-state index in [2.05, 4.69) is 15.2 Å². The molecule has 0 atom stereocenters. The molecule has 3 N–H and O–H groups in total. The number of anilines is 1. The zero-order chi connectivity index (χ0) is 20.2. The van der Waals surface area contributed by atoms with Crippen LogP contribution in [0.2, 0.25) is 0 Å². The maximum absolute atomic E-state index is 12.6. The van der Waals surface area contributed by atoms with Crippen molar-refractivity contribution in [3.63, 3.8) is 0 Å². The highest BCUT2D eigenvalue weighted by Crippen LogP contribution is 2.27. The average Bonchev–Trinajstić information content (AvgIpc) is 2.58. The Kier molecular flexibility index (Phi) is 5.91. The van der Waals surface area contributed by atoms with Crippen molar-refractivity contribution in [1.29, 1.82) is 0 Å². The van der Waals surface area contributed by atoms with Gasteiger partial charge in [0.25, 0.3) is 5.91 Å². The van der Waals surface area contributed by atoms with Crippen molar-refractivity contribution in [3.05, 3.63) is 42.2 Å². The Morgan fingerprint density at radius 3 is 2.37 bits per heavy atom. The molecule has 0 saturated heterocycles. The lowest BCUT2D eigenvalue weighted by molar-refractivity contribution is -0.274. The number of hydroxylamine groups is 1. The van der Waals surface area contributed by atoms with Crippen LogP contribution in [0.1, 0.15) is 17.4 Å². The predicted octanol–water partition coefficient (Wildman–Crippen LogP) is 2.08. The van der Waals surface area contributed by atoms with Gasteiger partial charge in [-0.1, -0.05) is 0 Å². The SMILES string of the molecule is CCONC(=O)c1ncc(S(=O)(=O)c2ccc(OC(F)(F)F)cc2)cc1N. The third-order valence-corrected chi connectivity index (χ3v) is 4.83. The van der Waals surface area contributed by atoms with Crippen molar-refractivity contribution in [2.45, 2.75) is 23.1 Å². The zero-order valence-corrected chi connectivity index (χ0v) is 14.6. The molecule has 8 nitrogen and oxygen atoms in total. The van der Waals surface area contributed by atoms with Crippen molar-refractivity contribution in [3.8, 4) is 5.75 Å². The second-order valence-corrected chi connectivity index (χ2v) is 6.95. The monoisotopic (exact) mass is 405 g/mol. The maximum atomic E-state index is 12.6. The summed E-state index contributed by atoms with van der Waals surface area (Å²) in [7, 11) is -4.12. The van der Waals surface area contributed by atoms with Gasteiger partial charge in [-0.25, -0.2) is 18.9 Å². The van der Waals surface area contributed by atoms with Gasteiger partial charge in [0.2, 0.25) is 9.84 Å². The molecule has 0 unspecified atom stereocenters. The summed E-state index contributed by atoms with van der Waals surface area (Å²) in [5, 5.41) is 0. The van der Waals surface area contributed by atoms with E-state index in [1.165, 1.54) is 0 Å². The van der Waals surface area contributed by atoms with E-state index in [1.54, 1.807) is 6.92 Å². The summed E-state index contributed by atoms with van der Waals surface area (Å²) in [6.45, 7) is 1.84.